The van der Waals surface area contributed by atoms with Crippen LogP contribution in [0.4, 0.5) is 0 Å². The van der Waals surface area contributed by atoms with E-state index in [2.05, 4.69) is 164 Å². The molecule has 51 heavy (non-hydrogen) atoms. The van der Waals surface area contributed by atoms with E-state index in [9.17, 15) is 0 Å². The third kappa shape index (κ3) is 4.35. The van der Waals surface area contributed by atoms with E-state index in [0.29, 0.717) is 0 Å². The largest absolute Gasteiger partial charge is 0.245 e. The van der Waals surface area contributed by atoms with Crippen LogP contribution in [0.2, 0.25) is 0 Å². The van der Waals surface area contributed by atoms with Gasteiger partial charge in [-0.15, -0.1) is 11.3 Å². The smallest absolute Gasteiger partial charge is 0.0972 e. The first-order valence-electron chi connectivity index (χ1n) is 17.3. The second-order valence-electron chi connectivity index (χ2n) is 13.3. The number of aromatic nitrogens is 2. The van der Waals surface area contributed by atoms with E-state index in [4.69, 9.17) is 9.97 Å². The molecular weight excluding hydrogens is 637 g/mol. The molecule has 0 saturated heterocycles. The first-order valence-corrected chi connectivity index (χ1v) is 18.1. The van der Waals surface area contributed by atoms with Crippen molar-refractivity contribution < 1.29 is 0 Å². The molecule has 11 rings (SSSR count). The molecule has 11 aromatic rings. The predicted octanol–water partition coefficient (Wildman–Crippen LogP) is 13.6. The second kappa shape index (κ2) is 11.0. The zero-order chi connectivity index (χ0) is 33.5. The van der Waals surface area contributed by atoms with Gasteiger partial charge in [0.1, 0.15) is 0 Å². The maximum absolute atomic E-state index is 5.44. The molecule has 3 heterocycles. The Morgan fingerprint density at radius 3 is 1.57 bits per heavy atom. The van der Waals surface area contributed by atoms with Crippen LogP contribution in [0.25, 0.3) is 108 Å². The van der Waals surface area contributed by atoms with E-state index in [1.165, 1.54) is 63.6 Å². The van der Waals surface area contributed by atoms with Crippen molar-refractivity contribution in [1.82, 2.24) is 9.97 Å². The van der Waals surface area contributed by atoms with Gasteiger partial charge in [0.25, 0.3) is 0 Å². The van der Waals surface area contributed by atoms with Gasteiger partial charge >= 0.3 is 0 Å². The number of fused-ring (bicyclic) bond motifs is 10. The molecule has 236 valence electrons. The van der Waals surface area contributed by atoms with Crippen LogP contribution >= 0.6 is 11.3 Å². The molecule has 0 amide bonds. The molecule has 0 N–H and O–H groups in total. The lowest BCUT2D eigenvalue weighted by Gasteiger charge is -2.18. The van der Waals surface area contributed by atoms with Gasteiger partial charge in [-0.1, -0.05) is 146 Å². The Morgan fingerprint density at radius 1 is 0.333 bits per heavy atom. The van der Waals surface area contributed by atoms with Crippen molar-refractivity contribution in [3.05, 3.63) is 170 Å². The van der Waals surface area contributed by atoms with Crippen molar-refractivity contribution in [3.63, 3.8) is 0 Å². The number of hydrogen-bond donors (Lipinski definition) is 0. The summed E-state index contributed by atoms with van der Waals surface area (Å²) in [6.07, 6.45) is 0. The van der Waals surface area contributed by atoms with E-state index >= 15 is 0 Å². The Kier molecular flexibility index (Phi) is 6.16. The fourth-order valence-corrected chi connectivity index (χ4v) is 9.30. The average Bonchev–Trinajstić information content (AvgIpc) is 3.59. The lowest BCUT2D eigenvalue weighted by atomic mass is 9.86. The summed E-state index contributed by atoms with van der Waals surface area (Å²) < 4.78 is 2.69. The minimum Gasteiger partial charge on any atom is -0.245 e. The molecule has 3 aromatic heterocycles. The van der Waals surface area contributed by atoms with Gasteiger partial charge in [0.15, 0.2) is 0 Å². The van der Waals surface area contributed by atoms with Gasteiger partial charge in [-0.25, -0.2) is 9.97 Å². The van der Waals surface area contributed by atoms with Crippen LogP contribution in [0, 0.1) is 0 Å². The highest BCUT2D eigenvalue weighted by molar-refractivity contribution is 7.26. The van der Waals surface area contributed by atoms with E-state index in [1.807, 2.05) is 17.4 Å². The Balaban J connectivity index is 1.15. The van der Waals surface area contributed by atoms with Gasteiger partial charge in [0.2, 0.25) is 0 Å². The maximum atomic E-state index is 5.44. The quantitative estimate of drug-likeness (QED) is 0.139. The number of pyridine rings is 2. The van der Waals surface area contributed by atoms with Crippen molar-refractivity contribution in [2.75, 3.05) is 0 Å². The molecule has 0 saturated carbocycles. The maximum Gasteiger partial charge on any atom is 0.0972 e. The van der Waals surface area contributed by atoms with Gasteiger partial charge in [0.05, 0.1) is 22.4 Å². The van der Waals surface area contributed by atoms with E-state index < -0.39 is 0 Å². The van der Waals surface area contributed by atoms with Crippen LogP contribution in [0.5, 0.6) is 0 Å². The highest BCUT2D eigenvalue weighted by Crippen LogP contribution is 2.45. The number of thiophene rings is 1. The normalized spacial score (nSPS) is 11.9. The summed E-state index contributed by atoms with van der Waals surface area (Å²) in [6.45, 7) is 0. The average molecular weight is 665 g/mol. The van der Waals surface area contributed by atoms with Crippen LogP contribution in [0.1, 0.15) is 0 Å². The Hall–Kier alpha value is -6.42. The lowest BCUT2D eigenvalue weighted by Crippen LogP contribution is -1.94. The summed E-state index contributed by atoms with van der Waals surface area (Å²) in [7, 11) is 0. The van der Waals surface area contributed by atoms with Crippen LogP contribution < -0.4 is 0 Å². The third-order valence-electron chi connectivity index (χ3n) is 10.4. The summed E-state index contributed by atoms with van der Waals surface area (Å²) in [5.41, 5.74) is 8.46. The van der Waals surface area contributed by atoms with Gasteiger partial charge in [-0.05, 0) is 67.7 Å². The van der Waals surface area contributed by atoms with Gasteiger partial charge < -0.3 is 0 Å². The summed E-state index contributed by atoms with van der Waals surface area (Å²) in [4.78, 5) is 10.6. The minimum absolute atomic E-state index is 0.919. The Labute approximate surface area is 297 Å². The first kappa shape index (κ1) is 28.4. The number of rotatable bonds is 3. The summed E-state index contributed by atoms with van der Waals surface area (Å²) >= 11 is 1.89. The van der Waals surface area contributed by atoms with Crippen LogP contribution in [-0.2, 0) is 0 Å². The molecule has 0 aliphatic rings. The molecule has 2 nitrogen and oxygen atoms in total. The highest BCUT2D eigenvalue weighted by atomic mass is 32.1. The molecule has 3 heteroatoms. The van der Waals surface area contributed by atoms with E-state index in [0.717, 1.165) is 44.3 Å². The van der Waals surface area contributed by atoms with Crippen LogP contribution in [0.15, 0.2) is 170 Å². The Morgan fingerprint density at radius 2 is 0.863 bits per heavy atom. The zero-order valence-corrected chi connectivity index (χ0v) is 28.3. The molecule has 0 atom stereocenters. The van der Waals surface area contributed by atoms with Gasteiger partial charge in [-0.3, -0.25) is 0 Å². The highest BCUT2D eigenvalue weighted by Gasteiger charge is 2.19. The standard InChI is InChI=1S/C48H28N2S/c1-2-10-29(11-3-1)41-26-22-30-18-19-31-23-27-42(50-47(31)46(30)49-41)45-38-15-6-4-13-36(38)44(37-14-5-7-16-39(37)45)33-21-24-34-32(28-33)20-25-40-35-12-8-9-17-43(35)51-48(34)40/h1-28H. The SMILES string of the molecule is c1ccc(-c2ccc3ccc4ccc(-c5c6ccccc6c(-c6ccc7c(ccc8c9ccccc9sc78)c6)c6ccccc56)nc4c3n2)cc1. The van der Waals surface area contributed by atoms with Crippen LogP contribution in [0.3, 0.4) is 0 Å². The van der Waals surface area contributed by atoms with Gasteiger partial charge in [0, 0.05) is 42.1 Å². The van der Waals surface area contributed by atoms with Gasteiger partial charge in [-0.2, -0.15) is 0 Å². The number of hydrogen-bond acceptors (Lipinski definition) is 3. The zero-order valence-electron chi connectivity index (χ0n) is 27.5. The number of nitrogens with zero attached hydrogens (tertiary/aromatic N) is 2. The lowest BCUT2D eigenvalue weighted by molar-refractivity contribution is 1.37. The topological polar surface area (TPSA) is 25.8 Å². The summed E-state index contributed by atoms with van der Waals surface area (Å²) in [5, 5.41) is 12.2. The summed E-state index contributed by atoms with van der Waals surface area (Å²) in [5.74, 6) is 0. The fraction of sp³-hybridized carbons (Fsp3) is 0. The van der Waals surface area contributed by atoms with E-state index in [1.54, 1.807) is 0 Å². The van der Waals surface area contributed by atoms with Crippen molar-refractivity contribution >= 4 is 85.6 Å². The fourth-order valence-electron chi connectivity index (χ4n) is 8.06. The van der Waals surface area contributed by atoms with E-state index in [-0.39, 0.29) is 0 Å². The number of benzene rings is 8. The molecule has 0 unspecified atom stereocenters. The first-order chi connectivity index (χ1) is 25.3. The van der Waals surface area contributed by atoms with Crippen molar-refractivity contribution in [2.24, 2.45) is 0 Å². The Bertz CT molecular complexity index is 3140. The third-order valence-corrected chi connectivity index (χ3v) is 11.6. The molecule has 8 aromatic carbocycles. The van der Waals surface area contributed by atoms with Crippen LogP contribution in [-0.4, -0.2) is 9.97 Å². The molecule has 0 aliphatic heterocycles. The molecule has 0 spiro atoms. The van der Waals surface area contributed by atoms with Crippen molar-refractivity contribution in [3.8, 4) is 33.6 Å². The van der Waals surface area contributed by atoms with Crippen molar-refractivity contribution in [2.45, 2.75) is 0 Å². The molecular formula is C48H28N2S. The minimum atomic E-state index is 0.919. The van der Waals surface area contributed by atoms with Crippen molar-refractivity contribution in [1.29, 1.82) is 0 Å². The second-order valence-corrected chi connectivity index (χ2v) is 14.3. The predicted molar refractivity (Wildman–Crippen MR) is 219 cm³/mol. The molecule has 0 aliphatic carbocycles. The molecule has 0 radical (unpaired) electrons. The monoisotopic (exact) mass is 664 g/mol. The molecule has 0 fully saturated rings. The molecule has 0 bridgehead atoms. The summed E-state index contributed by atoms with van der Waals surface area (Å²) in [6, 6.07) is 61.3.